The summed E-state index contributed by atoms with van der Waals surface area (Å²) in [7, 11) is 0. The summed E-state index contributed by atoms with van der Waals surface area (Å²) in [5.41, 5.74) is -0.740. The average Bonchev–Trinajstić information content (AvgIpc) is 2.65. The fourth-order valence-electron chi connectivity index (χ4n) is 3.27. The Labute approximate surface area is 181 Å². The fraction of sp³-hybridized carbons (Fsp3) is 0.429. The SMILES string of the molecule is CC(C)(C)N(C(=O)O)C(Cc1cccc(OC(F)(F)C(F)F)c1)C(O)c1ccnc(F)c1. The predicted octanol–water partition coefficient (Wildman–Crippen LogP) is 4.88. The zero-order valence-electron chi connectivity index (χ0n) is 17.5. The van der Waals surface area contributed by atoms with Crippen LogP contribution in [0, 0.1) is 5.95 Å². The molecule has 2 rings (SSSR count). The number of aromatic nitrogens is 1. The number of halogens is 5. The topological polar surface area (TPSA) is 82.9 Å². The van der Waals surface area contributed by atoms with Crippen LogP contribution in [0.1, 0.15) is 38.0 Å². The lowest BCUT2D eigenvalue weighted by atomic mass is 9.91. The zero-order chi connectivity index (χ0) is 24.3. The number of hydrogen-bond acceptors (Lipinski definition) is 4. The normalized spacial score (nSPS) is 14.2. The lowest BCUT2D eigenvalue weighted by Gasteiger charge is -2.42. The first-order chi connectivity index (χ1) is 14.7. The van der Waals surface area contributed by atoms with E-state index in [0.29, 0.717) is 0 Å². The summed E-state index contributed by atoms with van der Waals surface area (Å²) in [4.78, 5) is 16.4. The molecule has 176 valence electrons. The Morgan fingerprint density at radius 3 is 2.38 bits per heavy atom. The number of pyridine rings is 1. The largest absolute Gasteiger partial charge is 0.465 e. The summed E-state index contributed by atoms with van der Waals surface area (Å²) in [6, 6.07) is 5.86. The van der Waals surface area contributed by atoms with Gasteiger partial charge in [0.05, 0.1) is 6.04 Å². The average molecular weight is 462 g/mol. The standard InChI is InChI=1S/C21H23F5N2O4/c1-20(2,3)28(19(30)31)15(17(29)13-7-8-27-16(22)11-13)10-12-5-4-6-14(9-12)32-21(25,26)18(23)24/h4-9,11,15,17-18,29H,10H2,1-3H3,(H,30,31). The second kappa shape index (κ2) is 9.68. The molecule has 0 bridgehead atoms. The van der Waals surface area contributed by atoms with E-state index >= 15 is 0 Å². The molecule has 1 heterocycles. The quantitative estimate of drug-likeness (QED) is 0.432. The van der Waals surface area contributed by atoms with Crippen molar-refractivity contribution >= 4 is 6.09 Å². The van der Waals surface area contributed by atoms with Crippen molar-refractivity contribution in [2.75, 3.05) is 0 Å². The van der Waals surface area contributed by atoms with E-state index in [9.17, 15) is 37.0 Å². The highest BCUT2D eigenvalue weighted by atomic mass is 19.3. The minimum Gasteiger partial charge on any atom is -0.465 e. The van der Waals surface area contributed by atoms with Crippen molar-refractivity contribution in [3.05, 3.63) is 59.7 Å². The van der Waals surface area contributed by atoms with Crippen molar-refractivity contribution in [2.24, 2.45) is 0 Å². The monoisotopic (exact) mass is 462 g/mol. The molecule has 2 atom stereocenters. The van der Waals surface area contributed by atoms with Crippen molar-refractivity contribution in [2.45, 2.75) is 57.4 Å². The molecule has 1 aromatic carbocycles. The number of alkyl halides is 4. The van der Waals surface area contributed by atoms with E-state index in [1.54, 1.807) is 20.8 Å². The Kier molecular flexibility index (Phi) is 7.66. The van der Waals surface area contributed by atoms with Crippen LogP contribution in [0.3, 0.4) is 0 Å². The smallest absolute Gasteiger partial charge is 0.461 e. The maximum Gasteiger partial charge on any atom is 0.461 e. The summed E-state index contributed by atoms with van der Waals surface area (Å²) in [5.74, 6) is -1.45. The predicted molar refractivity (Wildman–Crippen MR) is 104 cm³/mol. The lowest BCUT2D eigenvalue weighted by Crippen LogP contribution is -2.54. The van der Waals surface area contributed by atoms with Crippen molar-refractivity contribution in [3.63, 3.8) is 0 Å². The van der Waals surface area contributed by atoms with Gasteiger partial charge in [-0.15, -0.1) is 0 Å². The zero-order valence-corrected chi connectivity index (χ0v) is 17.5. The van der Waals surface area contributed by atoms with Gasteiger partial charge < -0.3 is 14.9 Å². The first kappa shape index (κ1) is 25.3. The highest BCUT2D eigenvalue weighted by Gasteiger charge is 2.44. The number of carboxylic acid groups (broad SMARTS) is 1. The van der Waals surface area contributed by atoms with E-state index < -0.39 is 48.0 Å². The number of rotatable bonds is 8. The number of amides is 1. The highest BCUT2D eigenvalue weighted by molar-refractivity contribution is 5.66. The molecule has 11 heteroatoms. The fourth-order valence-corrected chi connectivity index (χ4v) is 3.27. The first-order valence-electron chi connectivity index (χ1n) is 9.48. The third kappa shape index (κ3) is 6.28. The van der Waals surface area contributed by atoms with Gasteiger partial charge in [0.2, 0.25) is 5.95 Å². The van der Waals surface area contributed by atoms with Gasteiger partial charge >= 0.3 is 18.6 Å². The molecular formula is C21H23F5N2O4. The van der Waals surface area contributed by atoms with Crippen LogP contribution in [-0.4, -0.2) is 50.3 Å². The number of aliphatic hydroxyl groups is 1. The summed E-state index contributed by atoms with van der Waals surface area (Å²) < 4.78 is 69.1. The number of nitrogens with zero attached hydrogens (tertiary/aromatic N) is 2. The van der Waals surface area contributed by atoms with Gasteiger partial charge in [-0.3, -0.25) is 4.90 Å². The molecule has 0 saturated heterocycles. The molecule has 0 aliphatic rings. The van der Waals surface area contributed by atoms with Crippen LogP contribution in [0.15, 0.2) is 42.6 Å². The maximum absolute atomic E-state index is 13.6. The van der Waals surface area contributed by atoms with E-state index in [4.69, 9.17) is 0 Å². The molecule has 32 heavy (non-hydrogen) atoms. The lowest BCUT2D eigenvalue weighted by molar-refractivity contribution is -0.253. The molecule has 0 aliphatic carbocycles. The van der Waals surface area contributed by atoms with Crippen LogP contribution < -0.4 is 4.74 Å². The Morgan fingerprint density at radius 2 is 1.84 bits per heavy atom. The van der Waals surface area contributed by atoms with Crippen LogP contribution in [0.2, 0.25) is 0 Å². The maximum atomic E-state index is 13.6. The molecule has 0 saturated carbocycles. The number of carbonyl (C=O) groups is 1. The molecule has 1 aromatic heterocycles. The Balaban J connectivity index is 2.45. The van der Waals surface area contributed by atoms with E-state index in [1.807, 2.05) is 0 Å². The molecule has 2 unspecified atom stereocenters. The van der Waals surface area contributed by atoms with Gasteiger partial charge in [0, 0.05) is 11.7 Å². The minimum absolute atomic E-state index is 0.0506. The summed E-state index contributed by atoms with van der Waals surface area (Å²) in [6.07, 6.45) is -10.8. The third-order valence-electron chi connectivity index (χ3n) is 4.57. The van der Waals surface area contributed by atoms with Crippen LogP contribution in [0.4, 0.5) is 26.7 Å². The van der Waals surface area contributed by atoms with Crippen molar-refractivity contribution < 1.29 is 41.7 Å². The first-order valence-corrected chi connectivity index (χ1v) is 9.48. The van der Waals surface area contributed by atoms with E-state index in [-0.39, 0.29) is 17.5 Å². The van der Waals surface area contributed by atoms with Gasteiger partial charge in [-0.05, 0) is 62.6 Å². The van der Waals surface area contributed by atoms with E-state index in [1.165, 1.54) is 18.2 Å². The molecule has 0 spiro atoms. The Hall–Kier alpha value is -2.95. The Morgan fingerprint density at radius 1 is 1.19 bits per heavy atom. The molecule has 0 aliphatic heterocycles. The van der Waals surface area contributed by atoms with Gasteiger partial charge in [0.25, 0.3) is 0 Å². The van der Waals surface area contributed by atoms with Crippen LogP contribution in [0.25, 0.3) is 0 Å². The van der Waals surface area contributed by atoms with E-state index in [2.05, 4.69) is 9.72 Å². The van der Waals surface area contributed by atoms with Crippen LogP contribution >= 0.6 is 0 Å². The number of ether oxygens (including phenoxy) is 1. The van der Waals surface area contributed by atoms with Crippen molar-refractivity contribution in [1.82, 2.24) is 9.88 Å². The number of aliphatic hydroxyl groups excluding tert-OH is 1. The summed E-state index contributed by atoms with van der Waals surface area (Å²) >= 11 is 0. The summed E-state index contributed by atoms with van der Waals surface area (Å²) in [5, 5.41) is 20.7. The molecule has 2 N–H and O–H groups in total. The van der Waals surface area contributed by atoms with Gasteiger partial charge in [0.15, 0.2) is 0 Å². The van der Waals surface area contributed by atoms with Gasteiger partial charge in [0.1, 0.15) is 11.9 Å². The Bertz CT molecular complexity index is 936. The molecular weight excluding hydrogens is 439 g/mol. The third-order valence-corrected chi connectivity index (χ3v) is 4.57. The van der Waals surface area contributed by atoms with Crippen molar-refractivity contribution in [1.29, 1.82) is 0 Å². The second-order valence-electron chi connectivity index (χ2n) is 8.06. The minimum atomic E-state index is -4.72. The molecule has 1 amide bonds. The molecule has 6 nitrogen and oxygen atoms in total. The van der Waals surface area contributed by atoms with Gasteiger partial charge in [-0.1, -0.05) is 12.1 Å². The number of benzene rings is 1. The summed E-state index contributed by atoms with van der Waals surface area (Å²) in [6.45, 7) is 4.74. The second-order valence-corrected chi connectivity index (χ2v) is 8.06. The van der Waals surface area contributed by atoms with Gasteiger partial charge in [-0.2, -0.15) is 22.0 Å². The molecule has 0 fully saturated rings. The highest BCUT2D eigenvalue weighted by Crippen LogP contribution is 2.32. The van der Waals surface area contributed by atoms with Crippen molar-refractivity contribution in [3.8, 4) is 5.75 Å². The molecule has 2 aromatic rings. The van der Waals surface area contributed by atoms with Crippen LogP contribution in [-0.2, 0) is 6.42 Å². The van der Waals surface area contributed by atoms with Crippen LogP contribution in [0.5, 0.6) is 5.75 Å². The van der Waals surface area contributed by atoms with Gasteiger partial charge in [-0.25, -0.2) is 9.78 Å². The number of hydrogen-bond donors (Lipinski definition) is 2. The molecule has 0 radical (unpaired) electrons. The van der Waals surface area contributed by atoms with E-state index in [0.717, 1.165) is 29.3 Å².